The smallest absolute Gasteiger partial charge is 0.255 e. The molecule has 0 aliphatic heterocycles. The third kappa shape index (κ3) is 6.47. The fourth-order valence-electron chi connectivity index (χ4n) is 3.36. The van der Waals surface area contributed by atoms with Gasteiger partial charge in [-0.1, -0.05) is 55.8 Å². The maximum atomic E-state index is 12.4. The van der Waals surface area contributed by atoms with Gasteiger partial charge in [0.1, 0.15) is 5.75 Å². The Bertz CT molecular complexity index is 840. The Labute approximate surface area is 183 Å². The molecule has 7 heteroatoms. The quantitative estimate of drug-likeness (QED) is 0.569. The minimum atomic E-state index is -0.266. The second kappa shape index (κ2) is 12.2. The first-order chi connectivity index (χ1) is 14.5. The van der Waals surface area contributed by atoms with Crippen LogP contribution in [-0.4, -0.2) is 50.0 Å². The van der Waals surface area contributed by atoms with Crippen LogP contribution in [0.1, 0.15) is 42.2 Å². The van der Waals surface area contributed by atoms with Gasteiger partial charge in [-0.25, -0.2) is 0 Å². The highest BCUT2D eigenvalue weighted by atomic mass is 35.5. The van der Waals surface area contributed by atoms with E-state index >= 15 is 0 Å². The highest BCUT2D eigenvalue weighted by Crippen LogP contribution is 2.27. The van der Waals surface area contributed by atoms with Gasteiger partial charge in [0.2, 0.25) is 5.91 Å². The molecular weight excluding hydrogens is 402 g/mol. The van der Waals surface area contributed by atoms with Crippen LogP contribution in [0, 0.1) is 0 Å². The Morgan fingerprint density at radius 1 is 1.03 bits per heavy atom. The van der Waals surface area contributed by atoms with Crippen molar-refractivity contribution in [2.24, 2.45) is 0 Å². The first-order valence-electron chi connectivity index (χ1n) is 10.2. The van der Waals surface area contributed by atoms with E-state index in [1.807, 2.05) is 24.3 Å². The number of rotatable bonds is 11. The van der Waals surface area contributed by atoms with Crippen molar-refractivity contribution in [2.75, 3.05) is 33.3 Å². The molecule has 2 aromatic carbocycles. The summed E-state index contributed by atoms with van der Waals surface area (Å²) in [7, 11) is 1.52. The summed E-state index contributed by atoms with van der Waals surface area (Å²) in [4.78, 5) is 26.9. The number of carbonyl (C=O) groups is 2. The standard InChI is InChI=1S/C23H30ClN3O3/c1-4-27(5-2)20(17-10-6-8-12-19(17)24)16-26-22(28)14-15-25-23(29)18-11-7-9-13-21(18)30-3/h6-13,20H,4-5,14-16H2,1-3H3,(H,25,29)(H,26,28). The molecule has 0 spiro atoms. The minimum Gasteiger partial charge on any atom is -0.496 e. The molecule has 0 saturated heterocycles. The van der Waals surface area contributed by atoms with Crippen LogP contribution in [0.2, 0.25) is 5.02 Å². The normalized spacial score (nSPS) is 11.8. The molecule has 0 aromatic heterocycles. The zero-order valence-electron chi connectivity index (χ0n) is 17.8. The first-order valence-corrected chi connectivity index (χ1v) is 10.6. The maximum absolute atomic E-state index is 12.4. The van der Waals surface area contributed by atoms with Gasteiger partial charge in [0, 0.05) is 24.5 Å². The van der Waals surface area contributed by atoms with Crippen LogP contribution < -0.4 is 15.4 Å². The molecule has 1 unspecified atom stereocenters. The zero-order valence-corrected chi connectivity index (χ0v) is 18.5. The monoisotopic (exact) mass is 431 g/mol. The Morgan fingerprint density at radius 2 is 1.70 bits per heavy atom. The summed E-state index contributed by atoms with van der Waals surface area (Å²) in [5.41, 5.74) is 1.44. The largest absolute Gasteiger partial charge is 0.496 e. The molecule has 0 radical (unpaired) electrons. The predicted octanol–water partition coefficient (Wildman–Crippen LogP) is 3.67. The van der Waals surface area contributed by atoms with Crippen LogP contribution in [0.5, 0.6) is 5.75 Å². The van der Waals surface area contributed by atoms with E-state index in [4.69, 9.17) is 16.3 Å². The summed E-state index contributed by atoms with van der Waals surface area (Å²) in [6.07, 6.45) is 0.189. The molecule has 0 bridgehead atoms. The van der Waals surface area contributed by atoms with Crippen LogP contribution in [-0.2, 0) is 4.79 Å². The van der Waals surface area contributed by atoms with E-state index in [-0.39, 0.29) is 30.8 Å². The number of carbonyl (C=O) groups excluding carboxylic acids is 2. The van der Waals surface area contributed by atoms with E-state index in [0.717, 1.165) is 18.7 Å². The Hall–Kier alpha value is -2.57. The second-order valence-corrected chi connectivity index (χ2v) is 7.18. The average molecular weight is 432 g/mol. The fraction of sp³-hybridized carbons (Fsp3) is 0.391. The van der Waals surface area contributed by atoms with Gasteiger partial charge in [-0.3, -0.25) is 14.5 Å². The molecule has 0 heterocycles. The van der Waals surface area contributed by atoms with Gasteiger partial charge in [0.05, 0.1) is 18.7 Å². The van der Waals surface area contributed by atoms with Crippen molar-refractivity contribution >= 4 is 23.4 Å². The number of nitrogens with zero attached hydrogens (tertiary/aromatic N) is 1. The van der Waals surface area contributed by atoms with Gasteiger partial charge in [-0.2, -0.15) is 0 Å². The summed E-state index contributed by atoms with van der Waals surface area (Å²) < 4.78 is 5.20. The van der Waals surface area contributed by atoms with E-state index in [1.165, 1.54) is 7.11 Å². The number of methoxy groups -OCH3 is 1. The Morgan fingerprint density at radius 3 is 2.37 bits per heavy atom. The van der Waals surface area contributed by atoms with Crippen molar-refractivity contribution in [1.29, 1.82) is 0 Å². The van der Waals surface area contributed by atoms with Crippen LogP contribution in [0.3, 0.4) is 0 Å². The molecule has 2 rings (SSSR count). The van der Waals surface area contributed by atoms with Crippen molar-refractivity contribution in [1.82, 2.24) is 15.5 Å². The highest BCUT2D eigenvalue weighted by molar-refractivity contribution is 6.31. The third-order valence-corrected chi connectivity index (χ3v) is 5.34. The lowest BCUT2D eigenvalue weighted by Crippen LogP contribution is -2.39. The van der Waals surface area contributed by atoms with E-state index in [0.29, 0.717) is 22.9 Å². The molecule has 0 saturated carbocycles. The summed E-state index contributed by atoms with van der Waals surface area (Å²) in [6, 6.07) is 14.7. The van der Waals surface area contributed by atoms with Gasteiger partial charge in [0.25, 0.3) is 5.91 Å². The van der Waals surface area contributed by atoms with Crippen molar-refractivity contribution in [3.8, 4) is 5.75 Å². The number of benzene rings is 2. The third-order valence-electron chi connectivity index (χ3n) is 5.00. The Balaban J connectivity index is 1.90. The first kappa shape index (κ1) is 23.7. The molecule has 6 nitrogen and oxygen atoms in total. The molecule has 162 valence electrons. The summed E-state index contributed by atoms with van der Waals surface area (Å²) in [6.45, 7) is 6.55. The second-order valence-electron chi connectivity index (χ2n) is 6.77. The molecule has 1 atom stereocenters. The Kier molecular flexibility index (Phi) is 9.64. The lowest BCUT2D eigenvalue weighted by Gasteiger charge is -2.31. The van der Waals surface area contributed by atoms with Crippen molar-refractivity contribution in [2.45, 2.75) is 26.3 Å². The lowest BCUT2D eigenvalue weighted by atomic mass is 10.0. The number of hydrogen-bond donors (Lipinski definition) is 2. The van der Waals surface area contributed by atoms with E-state index in [1.54, 1.807) is 24.3 Å². The predicted molar refractivity (Wildman–Crippen MR) is 120 cm³/mol. The van der Waals surface area contributed by atoms with Gasteiger partial charge in [-0.15, -0.1) is 0 Å². The summed E-state index contributed by atoms with van der Waals surface area (Å²) in [5.74, 6) is 0.109. The van der Waals surface area contributed by atoms with Gasteiger partial charge >= 0.3 is 0 Å². The molecule has 0 fully saturated rings. The van der Waals surface area contributed by atoms with Crippen LogP contribution in [0.15, 0.2) is 48.5 Å². The SMILES string of the molecule is CCN(CC)C(CNC(=O)CCNC(=O)c1ccccc1OC)c1ccccc1Cl. The fourth-order valence-corrected chi connectivity index (χ4v) is 3.62. The summed E-state index contributed by atoms with van der Waals surface area (Å²) >= 11 is 6.40. The topological polar surface area (TPSA) is 70.7 Å². The number of ether oxygens (including phenoxy) is 1. The van der Waals surface area contributed by atoms with Crippen molar-refractivity contribution in [3.63, 3.8) is 0 Å². The molecular formula is C23H30ClN3O3. The number of para-hydroxylation sites is 1. The van der Waals surface area contributed by atoms with Gasteiger partial charge < -0.3 is 15.4 Å². The summed E-state index contributed by atoms with van der Waals surface area (Å²) in [5, 5.41) is 6.43. The number of halogens is 1. The molecule has 2 aromatic rings. The maximum Gasteiger partial charge on any atom is 0.255 e. The molecule has 30 heavy (non-hydrogen) atoms. The number of hydrogen-bond acceptors (Lipinski definition) is 4. The lowest BCUT2D eigenvalue weighted by molar-refractivity contribution is -0.121. The van der Waals surface area contributed by atoms with Gasteiger partial charge in [-0.05, 0) is 36.9 Å². The van der Waals surface area contributed by atoms with E-state index < -0.39 is 0 Å². The molecule has 2 N–H and O–H groups in total. The molecule has 0 aliphatic rings. The van der Waals surface area contributed by atoms with Crippen LogP contribution >= 0.6 is 11.6 Å². The van der Waals surface area contributed by atoms with Crippen molar-refractivity contribution in [3.05, 3.63) is 64.7 Å². The molecule has 2 amide bonds. The van der Waals surface area contributed by atoms with E-state index in [9.17, 15) is 9.59 Å². The molecule has 0 aliphatic carbocycles. The average Bonchev–Trinajstić information content (AvgIpc) is 2.77. The minimum absolute atomic E-state index is 0.0131. The number of likely N-dealkylation sites (N-methyl/N-ethyl adjacent to an activating group) is 1. The van der Waals surface area contributed by atoms with Gasteiger partial charge in [0.15, 0.2) is 0 Å². The van der Waals surface area contributed by atoms with Crippen molar-refractivity contribution < 1.29 is 14.3 Å². The number of nitrogens with one attached hydrogen (secondary N) is 2. The van der Waals surface area contributed by atoms with Crippen LogP contribution in [0.25, 0.3) is 0 Å². The zero-order chi connectivity index (χ0) is 21.9. The number of amides is 2. The highest BCUT2D eigenvalue weighted by Gasteiger charge is 2.21. The van der Waals surface area contributed by atoms with E-state index in [2.05, 4.69) is 29.4 Å². The van der Waals surface area contributed by atoms with Crippen LogP contribution in [0.4, 0.5) is 0 Å².